The van der Waals surface area contributed by atoms with Gasteiger partial charge in [0.1, 0.15) is 5.82 Å². The van der Waals surface area contributed by atoms with Gasteiger partial charge < -0.3 is 10.1 Å². The van der Waals surface area contributed by atoms with Crippen molar-refractivity contribution in [2.45, 2.75) is 31.2 Å². The van der Waals surface area contributed by atoms with Crippen LogP contribution in [-0.4, -0.2) is 24.2 Å². The molecule has 1 fully saturated rings. The Balaban J connectivity index is 2.02. The quantitative estimate of drug-likeness (QED) is 0.922. The Morgan fingerprint density at radius 1 is 1.44 bits per heavy atom. The number of alkyl halides is 3. The minimum absolute atomic E-state index is 0.0225. The number of hydrogen-bond donors (Lipinski definition) is 1. The van der Waals surface area contributed by atoms with Crippen molar-refractivity contribution in [2.24, 2.45) is 0 Å². The second-order valence-electron chi connectivity index (χ2n) is 4.22. The van der Waals surface area contributed by atoms with Crippen LogP contribution < -0.4 is 5.32 Å². The van der Waals surface area contributed by atoms with Crippen LogP contribution in [0.5, 0.6) is 0 Å². The zero-order chi connectivity index (χ0) is 13.3. The molecule has 1 aromatic heterocycles. The van der Waals surface area contributed by atoms with Gasteiger partial charge in [0.25, 0.3) is 0 Å². The first-order valence-corrected chi connectivity index (χ1v) is 5.80. The summed E-state index contributed by atoms with van der Waals surface area (Å²) in [6.45, 7) is 0. The highest BCUT2D eigenvalue weighted by molar-refractivity contribution is 6.33. The number of anilines is 1. The van der Waals surface area contributed by atoms with Gasteiger partial charge in [0, 0.05) is 19.3 Å². The molecule has 0 unspecified atom stereocenters. The van der Waals surface area contributed by atoms with E-state index in [0.717, 1.165) is 25.1 Å². The van der Waals surface area contributed by atoms with E-state index in [2.05, 4.69) is 10.3 Å². The molecule has 2 rings (SSSR count). The van der Waals surface area contributed by atoms with Crippen LogP contribution in [-0.2, 0) is 10.9 Å². The third kappa shape index (κ3) is 2.87. The van der Waals surface area contributed by atoms with E-state index in [1.54, 1.807) is 7.11 Å². The summed E-state index contributed by atoms with van der Waals surface area (Å²) >= 11 is 5.77. The van der Waals surface area contributed by atoms with E-state index in [0.29, 0.717) is 0 Å². The highest BCUT2D eigenvalue weighted by Gasteiger charge is 2.33. The standard InChI is InChI=1S/C11H12ClF3N2O/c1-18-8-3-7(4-8)17-10-9(12)2-6(5-16-10)11(13,14)15/h2,5,7-8H,3-4H2,1H3,(H,16,17). The lowest BCUT2D eigenvalue weighted by Crippen LogP contribution is -2.40. The maximum Gasteiger partial charge on any atom is 0.417 e. The molecule has 0 saturated heterocycles. The first-order valence-electron chi connectivity index (χ1n) is 5.42. The molecule has 18 heavy (non-hydrogen) atoms. The summed E-state index contributed by atoms with van der Waals surface area (Å²) in [7, 11) is 1.63. The normalized spacial score (nSPS) is 23.6. The number of ether oxygens (including phenoxy) is 1. The maximum absolute atomic E-state index is 12.4. The molecule has 1 heterocycles. The molecule has 0 aliphatic heterocycles. The molecule has 1 aromatic rings. The highest BCUT2D eigenvalue weighted by Crippen LogP contribution is 2.34. The number of nitrogens with one attached hydrogen (secondary N) is 1. The summed E-state index contributed by atoms with van der Waals surface area (Å²) in [6.07, 6.45) is -1.84. The monoisotopic (exact) mass is 280 g/mol. The zero-order valence-corrected chi connectivity index (χ0v) is 10.3. The summed E-state index contributed by atoms with van der Waals surface area (Å²) in [6, 6.07) is 1.03. The van der Waals surface area contributed by atoms with Crippen molar-refractivity contribution in [1.29, 1.82) is 0 Å². The van der Waals surface area contributed by atoms with Crippen molar-refractivity contribution < 1.29 is 17.9 Å². The smallest absolute Gasteiger partial charge is 0.381 e. The first-order chi connectivity index (χ1) is 8.40. The Hall–Kier alpha value is -1.01. The zero-order valence-electron chi connectivity index (χ0n) is 9.59. The lowest BCUT2D eigenvalue weighted by molar-refractivity contribution is -0.137. The van der Waals surface area contributed by atoms with E-state index in [1.165, 1.54) is 0 Å². The molecular formula is C11H12ClF3N2O. The first kappa shape index (κ1) is 13.4. The van der Waals surface area contributed by atoms with Crippen molar-refractivity contribution in [3.63, 3.8) is 0 Å². The van der Waals surface area contributed by atoms with Crippen LogP contribution in [0.2, 0.25) is 5.02 Å². The average Bonchev–Trinajstić information content (AvgIpc) is 2.23. The van der Waals surface area contributed by atoms with Gasteiger partial charge in [-0.25, -0.2) is 4.98 Å². The third-order valence-corrected chi connectivity index (χ3v) is 3.23. The van der Waals surface area contributed by atoms with Crippen molar-refractivity contribution in [1.82, 2.24) is 4.98 Å². The number of hydrogen-bond acceptors (Lipinski definition) is 3. The minimum atomic E-state index is -4.42. The Kier molecular flexibility index (Phi) is 3.68. The molecule has 0 radical (unpaired) electrons. The van der Waals surface area contributed by atoms with E-state index in [4.69, 9.17) is 16.3 Å². The molecule has 0 amide bonds. The van der Waals surface area contributed by atoms with Crippen LogP contribution in [0.4, 0.5) is 19.0 Å². The fraction of sp³-hybridized carbons (Fsp3) is 0.545. The predicted molar refractivity (Wildman–Crippen MR) is 61.7 cm³/mol. The predicted octanol–water partition coefficient (Wildman–Crippen LogP) is 3.34. The van der Waals surface area contributed by atoms with Crippen LogP contribution >= 0.6 is 11.6 Å². The lowest BCUT2D eigenvalue weighted by Gasteiger charge is -2.35. The topological polar surface area (TPSA) is 34.1 Å². The second kappa shape index (κ2) is 4.93. The van der Waals surface area contributed by atoms with Crippen molar-refractivity contribution in [3.05, 3.63) is 22.8 Å². The van der Waals surface area contributed by atoms with Crippen LogP contribution in [0.3, 0.4) is 0 Å². The molecule has 1 N–H and O–H groups in total. The maximum atomic E-state index is 12.4. The van der Waals surface area contributed by atoms with Gasteiger partial charge in [0.2, 0.25) is 0 Å². The van der Waals surface area contributed by atoms with Crippen molar-refractivity contribution in [2.75, 3.05) is 12.4 Å². The van der Waals surface area contributed by atoms with Gasteiger partial charge in [0.15, 0.2) is 0 Å². The molecular weight excluding hydrogens is 269 g/mol. The van der Waals surface area contributed by atoms with E-state index in [9.17, 15) is 13.2 Å². The van der Waals surface area contributed by atoms with Gasteiger partial charge in [-0.05, 0) is 18.9 Å². The largest absolute Gasteiger partial charge is 0.417 e. The molecule has 1 aliphatic carbocycles. The Morgan fingerprint density at radius 2 is 2.11 bits per heavy atom. The lowest BCUT2D eigenvalue weighted by atomic mass is 9.89. The van der Waals surface area contributed by atoms with Gasteiger partial charge in [-0.1, -0.05) is 11.6 Å². The summed E-state index contributed by atoms with van der Waals surface area (Å²) < 4.78 is 42.3. The Bertz CT molecular complexity index is 433. The molecule has 1 saturated carbocycles. The highest BCUT2D eigenvalue weighted by atomic mass is 35.5. The number of pyridine rings is 1. The molecule has 0 aromatic carbocycles. The van der Waals surface area contributed by atoms with Gasteiger partial charge in [0.05, 0.1) is 16.7 Å². The van der Waals surface area contributed by atoms with Crippen molar-refractivity contribution in [3.8, 4) is 0 Å². The Labute approximate surface area is 107 Å². The Morgan fingerprint density at radius 3 is 2.61 bits per heavy atom. The van der Waals surface area contributed by atoms with E-state index in [1.807, 2.05) is 0 Å². The fourth-order valence-corrected chi connectivity index (χ4v) is 1.99. The molecule has 0 bridgehead atoms. The summed E-state index contributed by atoms with van der Waals surface area (Å²) in [4.78, 5) is 3.71. The number of aromatic nitrogens is 1. The number of rotatable bonds is 3. The van der Waals surface area contributed by atoms with Gasteiger partial charge in [-0.15, -0.1) is 0 Å². The van der Waals surface area contributed by atoms with E-state index in [-0.39, 0.29) is 23.0 Å². The summed E-state index contributed by atoms with van der Waals surface area (Å²) in [5, 5.41) is 2.98. The third-order valence-electron chi connectivity index (χ3n) is 2.94. The van der Waals surface area contributed by atoms with Gasteiger partial charge >= 0.3 is 6.18 Å². The number of halogens is 4. The minimum Gasteiger partial charge on any atom is -0.381 e. The van der Waals surface area contributed by atoms with E-state index < -0.39 is 11.7 Å². The van der Waals surface area contributed by atoms with Crippen LogP contribution in [0.15, 0.2) is 12.3 Å². The number of nitrogens with zero attached hydrogens (tertiary/aromatic N) is 1. The average molecular weight is 281 g/mol. The van der Waals surface area contributed by atoms with Gasteiger partial charge in [-0.3, -0.25) is 0 Å². The van der Waals surface area contributed by atoms with Crippen LogP contribution in [0, 0.1) is 0 Å². The van der Waals surface area contributed by atoms with Crippen LogP contribution in [0.1, 0.15) is 18.4 Å². The molecule has 7 heteroatoms. The molecule has 0 spiro atoms. The second-order valence-corrected chi connectivity index (χ2v) is 4.63. The van der Waals surface area contributed by atoms with Crippen LogP contribution in [0.25, 0.3) is 0 Å². The van der Waals surface area contributed by atoms with Crippen molar-refractivity contribution >= 4 is 17.4 Å². The summed E-state index contributed by atoms with van der Waals surface area (Å²) in [5.41, 5.74) is -0.846. The summed E-state index contributed by atoms with van der Waals surface area (Å²) in [5.74, 6) is 0.282. The SMILES string of the molecule is COC1CC(Nc2ncc(C(F)(F)F)cc2Cl)C1. The molecule has 100 valence electrons. The van der Waals surface area contributed by atoms with Gasteiger partial charge in [-0.2, -0.15) is 13.2 Å². The fourth-order valence-electron chi connectivity index (χ4n) is 1.77. The molecule has 3 nitrogen and oxygen atoms in total. The molecule has 0 atom stereocenters. The number of methoxy groups -OCH3 is 1. The molecule has 1 aliphatic rings. The van der Waals surface area contributed by atoms with E-state index >= 15 is 0 Å².